The fourth-order valence-electron chi connectivity index (χ4n) is 1.42. The summed E-state index contributed by atoms with van der Waals surface area (Å²) >= 11 is 0. The minimum absolute atomic E-state index is 0.0183. The molecule has 0 saturated carbocycles. The van der Waals surface area contributed by atoms with Gasteiger partial charge in [0, 0.05) is 16.5 Å². The van der Waals surface area contributed by atoms with E-state index in [9.17, 15) is 22.1 Å². The number of hydrogen-bond acceptors (Lipinski definition) is 4. The van der Waals surface area contributed by atoms with Crippen molar-refractivity contribution in [1.29, 1.82) is 0 Å². The Morgan fingerprint density at radius 1 is 1.00 bits per heavy atom. The van der Waals surface area contributed by atoms with Crippen LogP contribution < -0.4 is 0 Å². The molecule has 0 atom stereocenters. The van der Waals surface area contributed by atoms with Gasteiger partial charge in [-0.1, -0.05) is 0 Å². The van der Waals surface area contributed by atoms with Gasteiger partial charge < -0.3 is 32.6 Å². The highest BCUT2D eigenvalue weighted by atomic mass is 32.2. The van der Waals surface area contributed by atoms with Gasteiger partial charge in [-0.15, -0.1) is 0 Å². The van der Waals surface area contributed by atoms with E-state index in [1.165, 1.54) is 12.1 Å². The molecule has 3 N–H and O–H groups in total. The Bertz CT molecular complexity index is 430. The van der Waals surface area contributed by atoms with Crippen LogP contribution in [-0.4, -0.2) is 58.8 Å². The monoisotopic (exact) mass is 344 g/mol. The highest BCUT2D eigenvalue weighted by molar-refractivity contribution is 7.97. The van der Waals surface area contributed by atoms with E-state index in [1.54, 1.807) is 12.1 Å². The topological polar surface area (TPSA) is 77.8 Å². The second kappa shape index (κ2) is 10.5. The Kier molecular flexibility index (Phi) is 9.87. The van der Waals surface area contributed by atoms with Gasteiger partial charge in [0.05, 0.1) is 13.2 Å². The molecular formula is C12H17BF4O4S. The third kappa shape index (κ3) is 11.4. The molecule has 0 radical (unpaired) electrons. The van der Waals surface area contributed by atoms with E-state index in [2.05, 4.69) is 0 Å². The lowest BCUT2D eigenvalue weighted by Gasteiger charge is -2.05. The average molecular weight is 344 g/mol. The number of carbonyl (C=O) groups excluding carboxylic acids is 1. The minimum Gasteiger partial charge on any atom is -0.508 e. The molecule has 0 unspecified atom stereocenters. The van der Waals surface area contributed by atoms with Crippen LogP contribution >= 0.6 is 0 Å². The zero-order chi connectivity index (χ0) is 17.2. The molecule has 0 aliphatic rings. The van der Waals surface area contributed by atoms with E-state index in [4.69, 9.17) is 15.3 Å². The van der Waals surface area contributed by atoms with E-state index in [0.29, 0.717) is 22.8 Å². The van der Waals surface area contributed by atoms with E-state index in [1.807, 2.05) is 0 Å². The molecule has 0 aliphatic carbocycles. The summed E-state index contributed by atoms with van der Waals surface area (Å²) in [6, 6.07) is 6.11. The SMILES string of the molecule is F[B-](F)(F)F.O=C(C[S+](CCO)CCO)c1ccc(O)cc1. The van der Waals surface area contributed by atoms with Crippen molar-refractivity contribution < 1.29 is 37.4 Å². The molecule has 0 aromatic heterocycles. The Labute approximate surface area is 128 Å². The molecule has 0 aliphatic heterocycles. The number of hydrogen-bond donors (Lipinski definition) is 3. The van der Waals surface area contributed by atoms with Crippen LogP contribution in [0.4, 0.5) is 17.3 Å². The Morgan fingerprint density at radius 2 is 1.41 bits per heavy atom. The third-order valence-electron chi connectivity index (χ3n) is 2.28. The molecule has 4 nitrogen and oxygen atoms in total. The zero-order valence-electron chi connectivity index (χ0n) is 11.6. The fourth-order valence-corrected chi connectivity index (χ4v) is 2.97. The maximum atomic E-state index is 11.9. The van der Waals surface area contributed by atoms with Crippen molar-refractivity contribution in [3.05, 3.63) is 29.8 Å². The van der Waals surface area contributed by atoms with Crippen molar-refractivity contribution in [3.8, 4) is 5.75 Å². The van der Waals surface area contributed by atoms with E-state index >= 15 is 0 Å². The summed E-state index contributed by atoms with van der Waals surface area (Å²) in [5, 5.41) is 26.8. The molecule has 0 saturated heterocycles. The number of aromatic hydroxyl groups is 1. The van der Waals surface area contributed by atoms with Crippen LogP contribution in [0, 0.1) is 0 Å². The first-order valence-corrected chi connectivity index (χ1v) is 7.96. The van der Waals surface area contributed by atoms with Crippen LogP contribution in [0.5, 0.6) is 5.75 Å². The van der Waals surface area contributed by atoms with Gasteiger partial charge in [0.25, 0.3) is 0 Å². The van der Waals surface area contributed by atoms with Crippen LogP contribution in [0.15, 0.2) is 24.3 Å². The number of carbonyl (C=O) groups is 1. The summed E-state index contributed by atoms with van der Waals surface area (Å²) in [6.45, 7) is 0.0674. The van der Waals surface area contributed by atoms with Gasteiger partial charge in [-0.05, 0) is 24.3 Å². The summed E-state index contributed by atoms with van der Waals surface area (Å²) < 4.78 is 39.0. The molecule has 22 heavy (non-hydrogen) atoms. The molecule has 0 heterocycles. The maximum absolute atomic E-state index is 11.9. The molecular weight excluding hydrogens is 327 g/mol. The van der Waals surface area contributed by atoms with Crippen LogP contribution in [0.3, 0.4) is 0 Å². The van der Waals surface area contributed by atoms with Crippen molar-refractivity contribution in [1.82, 2.24) is 0 Å². The first kappa shape index (κ1) is 20.7. The minimum atomic E-state index is -6.00. The maximum Gasteiger partial charge on any atom is 0.673 e. The number of rotatable bonds is 7. The largest absolute Gasteiger partial charge is 0.673 e. The van der Waals surface area contributed by atoms with E-state index in [0.717, 1.165) is 0 Å². The molecule has 126 valence electrons. The number of aliphatic hydroxyl groups excluding tert-OH is 2. The summed E-state index contributed by atoms with van der Waals surface area (Å²) in [5.41, 5.74) is 0.552. The highest BCUT2D eigenvalue weighted by Gasteiger charge is 2.22. The normalized spacial score (nSPS) is 11.0. The van der Waals surface area contributed by atoms with Crippen molar-refractivity contribution in [2.75, 3.05) is 30.5 Å². The summed E-state index contributed by atoms with van der Waals surface area (Å²) in [7, 11) is -6.27. The van der Waals surface area contributed by atoms with Crippen molar-refractivity contribution >= 4 is 23.9 Å². The van der Waals surface area contributed by atoms with Crippen molar-refractivity contribution in [3.63, 3.8) is 0 Å². The number of Topliss-reactive ketones (excluding diaryl/α,β-unsaturated/α-hetero) is 1. The highest BCUT2D eigenvalue weighted by Crippen LogP contribution is 2.11. The first-order chi connectivity index (χ1) is 10.2. The lowest BCUT2D eigenvalue weighted by Crippen LogP contribution is -2.25. The number of ketones is 1. The van der Waals surface area contributed by atoms with Crippen LogP contribution in [0.2, 0.25) is 0 Å². The van der Waals surface area contributed by atoms with Crippen LogP contribution in [0.25, 0.3) is 0 Å². The van der Waals surface area contributed by atoms with Gasteiger partial charge in [0.15, 0.2) is 5.75 Å². The van der Waals surface area contributed by atoms with Crippen molar-refractivity contribution in [2.24, 2.45) is 0 Å². The molecule has 1 aromatic carbocycles. The van der Waals surface area contributed by atoms with E-state index in [-0.39, 0.29) is 35.6 Å². The van der Waals surface area contributed by atoms with Crippen LogP contribution in [0.1, 0.15) is 10.4 Å². The van der Waals surface area contributed by atoms with Gasteiger partial charge in [0.2, 0.25) is 5.78 Å². The van der Waals surface area contributed by atoms with E-state index < -0.39 is 7.25 Å². The smallest absolute Gasteiger partial charge is 0.508 e. The number of phenols is 1. The zero-order valence-corrected chi connectivity index (χ0v) is 12.4. The van der Waals surface area contributed by atoms with Gasteiger partial charge in [0.1, 0.15) is 17.3 Å². The second-order valence-electron chi connectivity index (χ2n) is 4.08. The molecule has 0 spiro atoms. The summed E-state index contributed by atoms with van der Waals surface area (Å²) in [4.78, 5) is 11.9. The fraction of sp³-hybridized carbons (Fsp3) is 0.417. The molecule has 1 aromatic rings. The van der Waals surface area contributed by atoms with Gasteiger partial charge >= 0.3 is 7.25 Å². The number of benzene rings is 1. The molecule has 0 bridgehead atoms. The summed E-state index contributed by atoms with van der Waals surface area (Å²) in [5.74, 6) is 1.54. The lowest BCUT2D eigenvalue weighted by molar-refractivity contribution is 0.102. The number of halogens is 4. The Hall–Kier alpha value is -1.26. The first-order valence-electron chi connectivity index (χ1n) is 6.22. The molecule has 0 fully saturated rings. The quantitative estimate of drug-likeness (QED) is 0.303. The third-order valence-corrected chi connectivity index (χ3v) is 4.47. The number of aliphatic hydroxyl groups is 2. The van der Waals surface area contributed by atoms with Gasteiger partial charge in [-0.3, -0.25) is 4.79 Å². The summed E-state index contributed by atoms with van der Waals surface area (Å²) in [6.07, 6.45) is 0. The van der Waals surface area contributed by atoms with Crippen LogP contribution in [-0.2, 0) is 10.9 Å². The average Bonchev–Trinajstić information content (AvgIpc) is 2.38. The standard InChI is InChI=1S/C12H16O4S.BF4/c13-5-7-17(8-6-14)9-12(16)10-1-3-11(15)4-2-10;2-1(3,4)5/h1-4,13-14H,5-9H2;/q;-1/p+1. The second-order valence-corrected chi connectivity index (χ2v) is 6.41. The number of phenolic OH excluding ortho intramolecular Hbond substituents is 1. The lowest BCUT2D eigenvalue weighted by atomic mass is 10.1. The Morgan fingerprint density at radius 3 is 1.77 bits per heavy atom. The van der Waals surface area contributed by atoms with Gasteiger partial charge in [-0.25, -0.2) is 0 Å². The Balaban J connectivity index is 0.000000763. The predicted molar refractivity (Wildman–Crippen MR) is 78.8 cm³/mol. The molecule has 10 heteroatoms. The van der Waals surface area contributed by atoms with Gasteiger partial charge in [-0.2, -0.15) is 0 Å². The predicted octanol–water partition coefficient (Wildman–Crippen LogP) is 1.48. The molecule has 1 rings (SSSR count). The van der Waals surface area contributed by atoms with Crippen molar-refractivity contribution in [2.45, 2.75) is 0 Å². The molecule has 0 amide bonds.